The second kappa shape index (κ2) is 6.48. The number of nitrogens with zero attached hydrogens (tertiary/aromatic N) is 2. The van der Waals surface area contributed by atoms with E-state index in [0.717, 1.165) is 28.1 Å². The number of pyridine rings is 1. The minimum absolute atomic E-state index is 0.0710. The maximum absolute atomic E-state index is 12.0. The van der Waals surface area contributed by atoms with E-state index in [1.807, 2.05) is 25.1 Å². The zero-order valence-electron chi connectivity index (χ0n) is 13.0. The standard InChI is InChI=1S/C17H17N3O3/c1-11-15(12(2)23-20-11)7-17(21)19-9-13-3-4-16(18-8-13)14-5-6-22-10-14/h3-6,8,10H,7,9H2,1-2H3,(H,19,21). The zero-order valence-corrected chi connectivity index (χ0v) is 13.0. The predicted molar refractivity (Wildman–Crippen MR) is 83.5 cm³/mol. The van der Waals surface area contributed by atoms with Gasteiger partial charge in [-0.05, 0) is 31.5 Å². The lowest BCUT2D eigenvalue weighted by atomic mass is 10.1. The molecule has 6 heteroatoms. The van der Waals surface area contributed by atoms with E-state index in [4.69, 9.17) is 8.94 Å². The normalized spacial score (nSPS) is 10.7. The molecule has 118 valence electrons. The Kier molecular flexibility index (Phi) is 4.23. The first-order chi connectivity index (χ1) is 11.1. The van der Waals surface area contributed by atoms with E-state index in [9.17, 15) is 4.79 Å². The van der Waals surface area contributed by atoms with Crippen molar-refractivity contribution in [3.05, 3.63) is 59.5 Å². The summed E-state index contributed by atoms with van der Waals surface area (Å²) in [5.41, 5.74) is 4.30. The number of carbonyl (C=O) groups is 1. The van der Waals surface area contributed by atoms with Gasteiger partial charge >= 0.3 is 0 Å². The molecule has 0 spiro atoms. The molecule has 0 aliphatic heterocycles. The Bertz CT molecular complexity index is 770. The predicted octanol–water partition coefficient (Wildman–Crippen LogP) is 2.81. The molecule has 1 amide bonds. The number of nitrogens with one attached hydrogen (secondary N) is 1. The largest absolute Gasteiger partial charge is 0.472 e. The third-order valence-electron chi connectivity index (χ3n) is 3.65. The summed E-state index contributed by atoms with van der Waals surface area (Å²) in [5, 5.41) is 6.73. The summed E-state index contributed by atoms with van der Waals surface area (Å²) in [5.74, 6) is 0.613. The molecule has 3 aromatic rings. The van der Waals surface area contributed by atoms with E-state index in [0.29, 0.717) is 12.3 Å². The molecule has 3 heterocycles. The molecular formula is C17H17N3O3. The molecule has 0 atom stereocenters. The molecule has 0 bridgehead atoms. The lowest BCUT2D eigenvalue weighted by Crippen LogP contribution is -2.25. The molecule has 1 N–H and O–H groups in total. The molecule has 0 fully saturated rings. The van der Waals surface area contributed by atoms with Crippen LogP contribution in [0.3, 0.4) is 0 Å². The van der Waals surface area contributed by atoms with Gasteiger partial charge in [0.2, 0.25) is 5.91 Å². The molecule has 0 saturated heterocycles. The Hall–Kier alpha value is -2.89. The highest BCUT2D eigenvalue weighted by molar-refractivity contribution is 5.79. The molecule has 0 aromatic carbocycles. The molecular weight excluding hydrogens is 294 g/mol. The maximum Gasteiger partial charge on any atom is 0.224 e. The van der Waals surface area contributed by atoms with Crippen molar-refractivity contribution >= 4 is 5.91 Å². The minimum Gasteiger partial charge on any atom is -0.472 e. The number of hydrogen-bond donors (Lipinski definition) is 1. The molecule has 6 nitrogen and oxygen atoms in total. The number of hydrogen-bond acceptors (Lipinski definition) is 5. The van der Waals surface area contributed by atoms with Gasteiger partial charge < -0.3 is 14.3 Å². The van der Waals surface area contributed by atoms with Crippen molar-refractivity contribution in [2.24, 2.45) is 0 Å². The van der Waals surface area contributed by atoms with Gasteiger partial charge in [0.05, 0.1) is 30.3 Å². The highest BCUT2D eigenvalue weighted by Crippen LogP contribution is 2.17. The van der Waals surface area contributed by atoms with Crippen LogP contribution in [0, 0.1) is 13.8 Å². The van der Waals surface area contributed by atoms with E-state index >= 15 is 0 Å². The summed E-state index contributed by atoms with van der Waals surface area (Å²) >= 11 is 0. The fourth-order valence-corrected chi connectivity index (χ4v) is 2.29. The third kappa shape index (κ3) is 3.48. The minimum atomic E-state index is -0.0710. The van der Waals surface area contributed by atoms with Gasteiger partial charge in [-0.15, -0.1) is 0 Å². The average Bonchev–Trinajstić information content (AvgIpc) is 3.19. The SMILES string of the molecule is Cc1noc(C)c1CC(=O)NCc1ccc(-c2ccoc2)nc1. The molecule has 0 unspecified atom stereocenters. The number of aromatic nitrogens is 2. The smallest absolute Gasteiger partial charge is 0.224 e. The van der Waals surface area contributed by atoms with Crippen LogP contribution in [0.25, 0.3) is 11.3 Å². The molecule has 0 aliphatic rings. The molecule has 0 radical (unpaired) electrons. The van der Waals surface area contributed by atoms with Gasteiger partial charge in [0, 0.05) is 23.9 Å². The highest BCUT2D eigenvalue weighted by atomic mass is 16.5. The van der Waals surface area contributed by atoms with Gasteiger partial charge in [0.25, 0.3) is 0 Å². The van der Waals surface area contributed by atoms with Crippen molar-refractivity contribution in [2.45, 2.75) is 26.8 Å². The van der Waals surface area contributed by atoms with Gasteiger partial charge in [-0.25, -0.2) is 0 Å². The van der Waals surface area contributed by atoms with Gasteiger partial charge in [-0.2, -0.15) is 0 Å². The Labute approximate surface area is 133 Å². The van der Waals surface area contributed by atoms with Crippen LogP contribution in [-0.4, -0.2) is 16.0 Å². The Morgan fingerprint density at radius 2 is 2.13 bits per heavy atom. The summed E-state index contributed by atoms with van der Waals surface area (Å²) in [6.07, 6.45) is 5.27. The lowest BCUT2D eigenvalue weighted by Gasteiger charge is -2.06. The molecule has 0 saturated carbocycles. The first-order valence-electron chi connectivity index (χ1n) is 7.29. The number of rotatable bonds is 5. The van der Waals surface area contributed by atoms with Gasteiger partial charge in [0.1, 0.15) is 5.76 Å². The van der Waals surface area contributed by atoms with Crippen LogP contribution >= 0.6 is 0 Å². The number of aryl methyl sites for hydroxylation is 2. The van der Waals surface area contributed by atoms with Gasteiger partial charge in [-0.1, -0.05) is 11.2 Å². The number of carbonyl (C=O) groups excluding carboxylic acids is 1. The van der Waals surface area contributed by atoms with Crippen LogP contribution in [0.2, 0.25) is 0 Å². The fourth-order valence-electron chi connectivity index (χ4n) is 2.29. The second-order valence-electron chi connectivity index (χ2n) is 5.32. The van der Waals surface area contributed by atoms with E-state index in [-0.39, 0.29) is 12.3 Å². The summed E-state index contributed by atoms with van der Waals surface area (Å²) in [6, 6.07) is 5.69. The van der Waals surface area contributed by atoms with Crippen LogP contribution in [0.4, 0.5) is 0 Å². The average molecular weight is 311 g/mol. The van der Waals surface area contributed by atoms with Crippen LogP contribution < -0.4 is 5.32 Å². The topological polar surface area (TPSA) is 81.2 Å². The summed E-state index contributed by atoms with van der Waals surface area (Å²) in [7, 11) is 0. The second-order valence-corrected chi connectivity index (χ2v) is 5.32. The van der Waals surface area contributed by atoms with E-state index in [1.54, 1.807) is 25.6 Å². The summed E-state index contributed by atoms with van der Waals surface area (Å²) in [6.45, 7) is 4.07. The fraction of sp³-hybridized carbons (Fsp3) is 0.235. The first kappa shape index (κ1) is 15.0. The van der Waals surface area contributed by atoms with E-state index in [1.165, 1.54) is 0 Å². The van der Waals surface area contributed by atoms with Crippen molar-refractivity contribution in [2.75, 3.05) is 0 Å². The first-order valence-corrected chi connectivity index (χ1v) is 7.29. The molecule has 23 heavy (non-hydrogen) atoms. The monoisotopic (exact) mass is 311 g/mol. The summed E-state index contributed by atoms with van der Waals surface area (Å²) < 4.78 is 10.1. The molecule has 3 rings (SSSR count). The third-order valence-corrected chi connectivity index (χ3v) is 3.65. The van der Waals surface area contributed by atoms with Crippen LogP contribution in [0.15, 0.2) is 45.9 Å². The Morgan fingerprint density at radius 3 is 2.74 bits per heavy atom. The highest BCUT2D eigenvalue weighted by Gasteiger charge is 2.13. The van der Waals surface area contributed by atoms with Gasteiger partial charge in [0.15, 0.2) is 0 Å². The Morgan fingerprint density at radius 1 is 1.26 bits per heavy atom. The van der Waals surface area contributed by atoms with Crippen molar-refractivity contribution in [3.63, 3.8) is 0 Å². The van der Waals surface area contributed by atoms with Crippen LogP contribution in [-0.2, 0) is 17.8 Å². The molecule has 0 aliphatic carbocycles. The quantitative estimate of drug-likeness (QED) is 0.783. The zero-order chi connectivity index (χ0) is 16.2. The maximum atomic E-state index is 12.0. The Balaban J connectivity index is 1.57. The van der Waals surface area contributed by atoms with Crippen molar-refractivity contribution in [3.8, 4) is 11.3 Å². The lowest BCUT2D eigenvalue weighted by molar-refractivity contribution is -0.120. The van der Waals surface area contributed by atoms with Crippen LogP contribution in [0.5, 0.6) is 0 Å². The number of amides is 1. The van der Waals surface area contributed by atoms with Crippen molar-refractivity contribution in [1.29, 1.82) is 0 Å². The number of furan rings is 1. The van der Waals surface area contributed by atoms with Crippen molar-refractivity contribution in [1.82, 2.24) is 15.5 Å². The van der Waals surface area contributed by atoms with Gasteiger partial charge in [-0.3, -0.25) is 9.78 Å². The van der Waals surface area contributed by atoms with Crippen molar-refractivity contribution < 1.29 is 13.7 Å². The van der Waals surface area contributed by atoms with E-state index in [2.05, 4.69) is 15.5 Å². The van der Waals surface area contributed by atoms with Crippen LogP contribution in [0.1, 0.15) is 22.6 Å². The summed E-state index contributed by atoms with van der Waals surface area (Å²) in [4.78, 5) is 16.4. The molecule has 3 aromatic heterocycles. The van der Waals surface area contributed by atoms with E-state index < -0.39 is 0 Å².